The molecule has 1 saturated heterocycles. The average Bonchev–Trinajstić information content (AvgIpc) is 2.78. The number of hydrogen-bond acceptors (Lipinski definition) is 4. The molecule has 0 unspecified atom stereocenters. The summed E-state index contributed by atoms with van der Waals surface area (Å²) in [6.07, 6.45) is 1.53. The van der Waals surface area contributed by atoms with Gasteiger partial charge < -0.3 is 4.90 Å². The highest BCUT2D eigenvalue weighted by molar-refractivity contribution is 6.46. The summed E-state index contributed by atoms with van der Waals surface area (Å²) in [5.74, 6) is -1.30. The maximum absolute atomic E-state index is 13.3. The molecular weight excluding hydrogens is 390 g/mol. The Morgan fingerprint density at radius 2 is 1.10 bits per heavy atom. The molecule has 6 heteroatoms. The number of urea groups is 1. The van der Waals surface area contributed by atoms with E-state index in [1.807, 2.05) is 43.3 Å². The van der Waals surface area contributed by atoms with Crippen LogP contribution in [-0.4, -0.2) is 31.9 Å². The first kappa shape index (κ1) is 20.1. The number of rotatable bonds is 4. The van der Waals surface area contributed by atoms with Crippen LogP contribution in [0.5, 0.6) is 0 Å². The van der Waals surface area contributed by atoms with Crippen molar-refractivity contribution in [3.8, 4) is 0 Å². The van der Waals surface area contributed by atoms with Gasteiger partial charge in [0.1, 0.15) is 5.57 Å². The van der Waals surface area contributed by atoms with E-state index in [0.29, 0.717) is 16.9 Å². The fourth-order valence-corrected chi connectivity index (χ4v) is 3.37. The van der Waals surface area contributed by atoms with Crippen LogP contribution in [0.3, 0.4) is 0 Å². The van der Waals surface area contributed by atoms with Crippen LogP contribution < -0.4 is 14.7 Å². The van der Waals surface area contributed by atoms with Gasteiger partial charge in [-0.25, -0.2) is 14.6 Å². The summed E-state index contributed by atoms with van der Waals surface area (Å²) in [5, 5.41) is 0. The Hall–Kier alpha value is -4.19. The standard InChI is InChI=1S/C25H21N3O3/c1-26(2)19-15-13-18(14-16-19)17-22-23(29)27(20-9-5-3-6-10-20)25(31)28(24(22)30)21-11-7-4-8-12-21/h3-17H,1-2H3. The van der Waals surface area contributed by atoms with Gasteiger partial charge in [-0.3, -0.25) is 9.59 Å². The van der Waals surface area contributed by atoms with Crippen LogP contribution in [0.1, 0.15) is 5.56 Å². The summed E-state index contributed by atoms with van der Waals surface area (Å²) < 4.78 is 0. The quantitative estimate of drug-likeness (QED) is 0.473. The third-order valence-electron chi connectivity index (χ3n) is 5.00. The predicted octanol–water partition coefficient (Wildman–Crippen LogP) is 4.34. The number of barbiturate groups is 1. The highest BCUT2D eigenvalue weighted by Crippen LogP contribution is 2.29. The number of amides is 4. The molecule has 1 aliphatic heterocycles. The van der Waals surface area contributed by atoms with Crippen LogP contribution >= 0.6 is 0 Å². The number of imide groups is 2. The first-order chi connectivity index (χ1) is 15.0. The van der Waals surface area contributed by atoms with Gasteiger partial charge >= 0.3 is 6.03 Å². The van der Waals surface area contributed by atoms with Gasteiger partial charge in [-0.2, -0.15) is 0 Å². The Morgan fingerprint density at radius 1 is 0.645 bits per heavy atom. The van der Waals surface area contributed by atoms with Crippen molar-refractivity contribution in [2.24, 2.45) is 0 Å². The number of anilines is 3. The molecule has 0 radical (unpaired) electrons. The van der Waals surface area contributed by atoms with Crippen molar-refractivity contribution < 1.29 is 14.4 Å². The summed E-state index contributed by atoms with van der Waals surface area (Å²) >= 11 is 0. The normalized spacial score (nSPS) is 14.1. The van der Waals surface area contributed by atoms with Gasteiger partial charge in [0.15, 0.2) is 0 Å². The number of nitrogens with zero attached hydrogens (tertiary/aromatic N) is 3. The molecule has 0 atom stereocenters. The summed E-state index contributed by atoms with van der Waals surface area (Å²) in [6.45, 7) is 0. The number of para-hydroxylation sites is 2. The van der Waals surface area contributed by atoms with E-state index in [-0.39, 0.29) is 5.57 Å². The van der Waals surface area contributed by atoms with E-state index < -0.39 is 17.8 Å². The lowest BCUT2D eigenvalue weighted by molar-refractivity contribution is -0.121. The molecule has 3 aromatic carbocycles. The first-order valence-corrected chi connectivity index (χ1v) is 9.79. The first-order valence-electron chi connectivity index (χ1n) is 9.79. The second kappa shape index (κ2) is 8.28. The van der Waals surface area contributed by atoms with Crippen LogP contribution in [0.2, 0.25) is 0 Å². The Kier molecular flexibility index (Phi) is 5.37. The molecule has 1 aliphatic rings. The number of hydrogen-bond donors (Lipinski definition) is 0. The highest BCUT2D eigenvalue weighted by Gasteiger charge is 2.43. The van der Waals surface area contributed by atoms with Crippen molar-refractivity contribution >= 4 is 41.0 Å². The van der Waals surface area contributed by atoms with Crippen molar-refractivity contribution in [1.29, 1.82) is 0 Å². The molecule has 0 bridgehead atoms. The number of carbonyl (C=O) groups excluding carboxylic acids is 3. The maximum atomic E-state index is 13.3. The summed E-state index contributed by atoms with van der Waals surface area (Å²) in [5.41, 5.74) is 2.41. The van der Waals surface area contributed by atoms with E-state index in [1.54, 1.807) is 60.7 Å². The molecular formula is C25H21N3O3. The molecule has 6 nitrogen and oxygen atoms in total. The van der Waals surface area contributed by atoms with Gasteiger partial charge in [-0.15, -0.1) is 0 Å². The van der Waals surface area contributed by atoms with Crippen molar-refractivity contribution in [3.63, 3.8) is 0 Å². The fraction of sp³-hybridized carbons (Fsp3) is 0.0800. The third kappa shape index (κ3) is 3.83. The minimum Gasteiger partial charge on any atom is -0.378 e. The Labute approximate surface area is 180 Å². The molecule has 0 aromatic heterocycles. The van der Waals surface area contributed by atoms with Crippen molar-refractivity contribution in [3.05, 3.63) is 96.1 Å². The predicted molar refractivity (Wildman–Crippen MR) is 122 cm³/mol. The van der Waals surface area contributed by atoms with Crippen LogP contribution in [0, 0.1) is 0 Å². The van der Waals surface area contributed by atoms with E-state index in [4.69, 9.17) is 0 Å². The molecule has 4 amide bonds. The topological polar surface area (TPSA) is 60.9 Å². The fourth-order valence-electron chi connectivity index (χ4n) is 3.37. The second-order valence-corrected chi connectivity index (χ2v) is 7.28. The largest absolute Gasteiger partial charge is 0.378 e. The highest BCUT2D eigenvalue weighted by atomic mass is 16.2. The van der Waals surface area contributed by atoms with Crippen LogP contribution in [0.15, 0.2) is 90.5 Å². The number of benzene rings is 3. The van der Waals surface area contributed by atoms with Crippen LogP contribution in [0.4, 0.5) is 21.9 Å². The van der Waals surface area contributed by atoms with Gasteiger partial charge in [0, 0.05) is 19.8 Å². The lowest BCUT2D eigenvalue weighted by Gasteiger charge is -2.33. The zero-order valence-electron chi connectivity index (χ0n) is 17.2. The molecule has 0 spiro atoms. The molecule has 1 heterocycles. The Balaban J connectivity index is 1.82. The molecule has 31 heavy (non-hydrogen) atoms. The smallest absolute Gasteiger partial charge is 0.343 e. The minimum absolute atomic E-state index is 0.0788. The summed E-state index contributed by atoms with van der Waals surface area (Å²) in [4.78, 5) is 43.8. The zero-order chi connectivity index (χ0) is 22.0. The van der Waals surface area contributed by atoms with E-state index in [2.05, 4.69) is 0 Å². The van der Waals surface area contributed by atoms with Gasteiger partial charge in [0.2, 0.25) is 0 Å². The molecule has 154 valence electrons. The molecule has 1 fully saturated rings. The van der Waals surface area contributed by atoms with Crippen LogP contribution in [0.25, 0.3) is 6.08 Å². The van der Waals surface area contributed by atoms with Crippen molar-refractivity contribution in [2.75, 3.05) is 28.8 Å². The molecule has 0 N–H and O–H groups in total. The molecule has 0 saturated carbocycles. The van der Waals surface area contributed by atoms with Crippen LogP contribution in [-0.2, 0) is 9.59 Å². The van der Waals surface area contributed by atoms with Gasteiger partial charge in [-0.1, -0.05) is 48.5 Å². The third-order valence-corrected chi connectivity index (χ3v) is 5.00. The minimum atomic E-state index is -0.701. The van der Waals surface area contributed by atoms with Gasteiger partial charge in [0.05, 0.1) is 11.4 Å². The summed E-state index contributed by atoms with van der Waals surface area (Å²) in [6, 6.07) is 24.0. The van der Waals surface area contributed by atoms with Gasteiger partial charge in [-0.05, 0) is 48.0 Å². The molecule has 4 rings (SSSR count). The second-order valence-electron chi connectivity index (χ2n) is 7.28. The molecule has 0 aliphatic carbocycles. The molecule has 3 aromatic rings. The maximum Gasteiger partial charge on any atom is 0.343 e. The lowest BCUT2D eigenvalue weighted by Crippen LogP contribution is -2.57. The zero-order valence-corrected chi connectivity index (χ0v) is 17.2. The monoisotopic (exact) mass is 411 g/mol. The van der Waals surface area contributed by atoms with E-state index in [9.17, 15) is 14.4 Å². The van der Waals surface area contributed by atoms with E-state index in [1.165, 1.54) is 6.08 Å². The van der Waals surface area contributed by atoms with E-state index >= 15 is 0 Å². The van der Waals surface area contributed by atoms with Crippen molar-refractivity contribution in [2.45, 2.75) is 0 Å². The van der Waals surface area contributed by atoms with Crippen molar-refractivity contribution in [1.82, 2.24) is 0 Å². The SMILES string of the molecule is CN(C)c1ccc(C=C2C(=O)N(c3ccccc3)C(=O)N(c3ccccc3)C2=O)cc1. The Bertz CT molecular complexity index is 1090. The number of carbonyl (C=O) groups is 3. The summed E-state index contributed by atoms with van der Waals surface area (Å²) in [7, 11) is 3.87. The lowest BCUT2D eigenvalue weighted by atomic mass is 10.0. The van der Waals surface area contributed by atoms with Gasteiger partial charge in [0.25, 0.3) is 11.8 Å². The Morgan fingerprint density at radius 3 is 1.52 bits per heavy atom. The average molecular weight is 411 g/mol. The van der Waals surface area contributed by atoms with E-state index in [0.717, 1.165) is 15.5 Å².